The van der Waals surface area contributed by atoms with E-state index in [-0.39, 0.29) is 17.6 Å². The maximum absolute atomic E-state index is 12.3. The van der Waals surface area contributed by atoms with Crippen LogP contribution in [0.4, 0.5) is 10.5 Å². The number of anilines is 1. The predicted octanol–water partition coefficient (Wildman–Crippen LogP) is 3.48. The molecule has 4 rings (SSSR count). The fourth-order valence-corrected chi connectivity index (χ4v) is 5.17. The average molecular weight is 343 g/mol. The van der Waals surface area contributed by atoms with E-state index >= 15 is 0 Å². The second kappa shape index (κ2) is 6.20. The van der Waals surface area contributed by atoms with Crippen LogP contribution in [0, 0.1) is 0 Å². The molecule has 1 aliphatic carbocycles. The zero-order valence-electron chi connectivity index (χ0n) is 15.5. The Labute approximate surface area is 150 Å². The molecular weight excluding hydrogens is 314 g/mol. The van der Waals surface area contributed by atoms with Crippen molar-refractivity contribution < 1.29 is 9.53 Å². The van der Waals surface area contributed by atoms with Gasteiger partial charge in [0, 0.05) is 30.7 Å². The minimum atomic E-state index is -0.316. The number of likely N-dealkylation sites (N-methyl/N-ethyl adjacent to an activating group) is 2. The van der Waals surface area contributed by atoms with Crippen molar-refractivity contribution in [2.24, 2.45) is 0 Å². The lowest BCUT2D eigenvalue weighted by molar-refractivity contribution is 0.192. The minimum absolute atomic E-state index is 0.0953. The molecule has 1 amide bonds. The molecule has 1 aromatic rings. The van der Waals surface area contributed by atoms with Gasteiger partial charge < -0.3 is 15.0 Å². The van der Waals surface area contributed by atoms with Crippen molar-refractivity contribution in [1.82, 2.24) is 10.2 Å². The summed E-state index contributed by atoms with van der Waals surface area (Å²) < 4.78 is 5.62. The van der Waals surface area contributed by atoms with E-state index in [1.165, 1.54) is 30.5 Å². The van der Waals surface area contributed by atoms with Gasteiger partial charge in [-0.1, -0.05) is 26.2 Å². The number of amides is 1. The van der Waals surface area contributed by atoms with Gasteiger partial charge in [0.2, 0.25) is 0 Å². The zero-order valence-corrected chi connectivity index (χ0v) is 15.5. The maximum atomic E-state index is 12.3. The lowest BCUT2D eigenvalue weighted by Crippen LogP contribution is -2.45. The second-order valence-electron chi connectivity index (χ2n) is 8.18. The third kappa shape index (κ3) is 2.78. The number of hydrogen-bond acceptors (Lipinski definition) is 4. The number of carbonyl (C=O) groups is 1. The molecule has 1 saturated heterocycles. The third-order valence-electron chi connectivity index (χ3n) is 6.44. The molecule has 136 valence electrons. The molecule has 2 fully saturated rings. The van der Waals surface area contributed by atoms with Crippen molar-refractivity contribution in [3.05, 3.63) is 23.8 Å². The maximum Gasteiger partial charge on any atom is 0.412 e. The van der Waals surface area contributed by atoms with Crippen LogP contribution in [0.15, 0.2) is 18.2 Å². The van der Waals surface area contributed by atoms with E-state index in [0.717, 1.165) is 25.8 Å². The number of rotatable bonds is 2. The predicted molar refractivity (Wildman–Crippen MR) is 99.3 cm³/mol. The van der Waals surface area contributed by atoms with Crippen LogP contribution in [0.3, 0.4) is 0 Å². The van der Waals surface area contributed by atoms with E-state index < -0.39 is 0 Å². The molecule has 0 radical (unpaired) electrons. The number of nitrogens with zero attached hydrogens (tertiary/aromatic N) is 2. The largest absolute Gasteiger partial charge is 0.412 e. The van der Waals surface area contributed by atoms with Crippen molar-refractivity contribution in [3.63, 3.8) is 0 Å². The molecule has 25 heavy (non-hydrogen) atoms. The molecule has 0 bridgehead atoms. The van der Waals surface area contributed by atoms with Crippen LogP contribution in [0.5, 0.6) is 5.75 Å². The van der Waals surface area contributed by atoms with E-state index in [4.69, 9.17) is 4.74 Å². The number of nitrogens with one attached hydrogen (secondary N) is 1. The first-order valence-corrected chi connectivity index (χ1v) is 9.55. The van der Waals surface area contributed by atoms with Crippen molar-refractivity contribution in [2.45, 2.75) is 63.1 Å². The number of benzene rings is 1. The molecule has 1 saturated carbocycles. The molecule has 2 heterocycles. The van der Waals surface area contributed by atoms with E-state index in [0.29, 0.717) is 11.9 Å². The van der Waals surface area contributed by atoms with Crippen molar-refractivity contribution >= 4 is 11.8 Å². The number of likely N-dealkylation sites (tertiary alicyclic amines) is 1. The first-order valence-electron chi connectivity index (χ1n) is 9.55. The Morgan fingerprint density at radius 3 is 2.76 bits per heavy atom. The van der Waals surface area contributed by atoms with E-state index in [1.54, 1.807) is 0 Å². The Kier molecular flexibility index (Phi) is 4.14. The van der Waals surface area contributed by atoms with E-state index in [2.05, 4.69) is 48.3 Å². The van der Waals surface area contributed by atoms with Gasteiger partial charge in [-0.3, -0.25) is 4.90 Å². The molecule has 2 aliphatic heterocycles. The standard InChI is InChI=1S/C20H29N3O2/c1-20-11-12-22(2)18(20)23(3)17-10-9-15(13-16(17)20)25-19(24)21-14-7-5-4-6-8-14/h9-10,13-14,18H,4-8,11-12H2,1-3H3,(H,21,24)/t18-,20+/m1/s1. The van der Waals surface area contributed by atoms with E-state index in [9.17, 15) is 4.79 Å². The fourth-order valence-electron chi connectivity index (χ4n) is 5.17. The molecule has 0 unspecified atom stereocenters. The summed E-state index contributed by atoms with van der Waals surface area (Å²) in [5.41, 5.74) is 2.64. The Hall–Kier alpha value is -1.75. The summed E-state index contributed by atoms with van der Waals surface area (Å²) >= 11 is 0. The van der Waals surface area contributed by atoms with Gasteiger partial charge in [0.15, 0.2) is 0 Å². The smallest absolute Gasteiger partial charge is 0.410 e. The van der Waals surface area contributed by atoms with Gasteiger partial charge in [0.25, 0.3) is 0 Å². The van der Waals surface area contributed by atoms with Crippen molar-refractivity contribution in [2.75, 3.05) is 25.5 Å². The molecular formula is C20H29N3O2. The molecule has 1 N–H and O–H groups in total. The first kappa shape index (κ1) is 16.7. The van der Waals surface area contributed by atoms with Crippen LogP contribution >= 0.6 is 0 Å². The van der Waals surface area contributed by atoms with Gasteiger partial charge in [0.05, 0.1) is 6.17 Å². The number of carbonyl (C=O) groups excluding carboxylic acids is 1. The highest BCUT2D eigenvalue weighted by Crippen LogP contribution is 2.51. The highest BCUT2D eigenvalue weighted by molar-refractivity contribution is 5.72. The number of hydrogen-bond donors (Lipinski definition) is 1. The lowest BCUT2D eigenvalue weighted by atomic mass is 9.81. The van der Waals surface area contributed by atoms with Crippen LogP contribution in [-0.4, -0.2) is 43.8 Å². The summed E-state index contributed by atoms with van der Waals surface area (Å²) in [4.78, 5) is 17.0. The first-order chi connectivity index (χ1) is 12.0. The van der Waals surface area contributed by atoms with Gasteiger partial charge >= 0.3 is 6.09 Å². The topological polar surface area (TPSA) is 44.8 Å². The summed E-state index contributed by atoms with van der Waals surface area (Å²) in [6.45, 7) is 3.42. The summed E-state index contributed by atoms with van der Waals surface area (Å²) in [6, 6.07) is 6.36. The summed E-state index contributed by atoms with van der Waals surface area (Å²) in [6.07, 6.45) is 7.00. The van der Waals surface area contributed by atoms with Gasteiger partial charge in [0.1, 0.15) is 5.75 Å². The van der Waals surface area contributed by atoms with Gasteiger partial charge in [-0.15, -0.1) is 0 Å². The normalized spacial score (nSPS) is 29.4. The van der Waals surface area contributed by atoms with Gasteiger partial charge in [-0.05, 0) is 50.1 Å². The molecule has 3 aliphatic rings. The number of ether oxygens (including phenoxy) is 1. The van der Waals surface area contributed by atoms with Gasteiger partial charge in [-0.2, -0.15) is 0 Å². The van der Waals surface area contributed by atoms with Crippen LogP contribution in [0.2, 0.25) is 0 Å². The highest BCUT2D eigenvalue weighted by Gasteiger charge is 2.52. The van der Waals surface area contributed by atoms with E-state index in [1.807, 2.05) is 6.07 Å². The van der Waals surface area contributed by atoms with Crippen molar-refractivity contribution in [3.8, 4) is 5.75 Å². The second-order valence-corrected chi connectivity index (χ2v) is 8.18. The summed E-state index contributed by atoms with van der Waals surface area (Å²) in [5, 5.41) is 3.03. The lowest BCUT2D eigenvalue weighted by Gasteiger charge is -2.32. The Balaban J connectivity index is 1.50. The molecule has 2 atom stereocenters. The Bertz CT molecular complexity index is 671. The van der Waals surface area contributed by atoms with Gasteiger partial charge in [-0.25, -0.2) is 4.79 Å². The summed E-state index contributed by atoms with van der Waals surface area (Å²) in [5.74, 6) is 0.650. The Morgan fingerprint density at radius 2 is 2.00 bits per heavy atom. The molecule has 5 nitrogen and oxygen atoms in total. The quantitative estimate of drug-likeness (QED) is 0.893. The minimum Gasteiger partial charge on any atom is -0.410 e. The molecule has 1 aromatic carbocycles. The fraction of sp³-hybridized carbons (Fsp3) is 0.650. The van der Waals surface area contributed by atoms with Crippen molar-refractivity contribution in [1.29, 1.82) is 0 Å². The average Bonchev–Trinajstić information content (AvgIpc) is 3.01. The summed E-state index contributed by atoms with van der Waals surface area (Å²) in [7, 11) is 4.35. The number of fused-ring (bicyclic) bond motifs is 3. The zero-order chi connectivity index (χ0) is 17.6. The SMILES string of the molecule is CN1CC[C@@]2(C)c3cc(OC(=O)NC4CCCCC4)ccc3N(C)[C@@H]12. The van der Waals surface area contributed by atoms with Crippen LogP contribution < -0.4 is 15.0 Å². The molecule has 0 spiro atoms. The third-order valence-corrected chi connectivity index (χ3v) is 6.44. The molecule has 5 heteroatoms. The highest BCUT2D eigenvalue weighted by atomic mass is 16.6. The molecule has 0 aromatic heterocycles. The monoisotopic (exact) mass is 343 g/mol. The van der Waals surface area contributed by atoms with Crippen LogP contribution in [0.25, 0.3) is 0 Å². The Morgan fingerprint density at radius 1 is 1.24 bits per heavy atom. The van der Waals surface area contributed by atoms with Crippen LogP contribution in [0.1, 0.15) is 51.0 Å². The van der Waals surface area contributed by atoms with Crippen LogP contribution in [-0.2, 0) is 5.41 Å².